The minimum atomic E-state index is 0.443. The summed E-state index contributed by atoms with van der Waals surface area (Å²) in [6.07, 6.45) is 10.7. The van der Waals surface area contributed by atoms with Crippen molar-refractivity contribution < 1.29 is 0 Å². The molecule has 1 N–H and O–H groups in total. The molecule has 0 aromatic carbocycles. The summed E-state index contributed by atoms with van der Waals surface area (Å²) in [5.74, 6) is 0.960. The van der Waals surface area contributed by atoms with Crippen LogP contribution < -0.4 is 5.32 Å². The number of hydrogen-bond donors (Lipinski definition) is 1. The Morgan fingerprint density at radius 2 is 2.06 bits per heavy atom. The summed E-state index contributed by atoms with van der Waals surface area (Å²) in [6.45, 7) is 12.5. The van der Waals surface area contributed by atoms with Crippen LogP contribution in [-0.2, 0) is 0 Å². The number of hydrogen-bond acceptors (Lipinski definition) is 1. The molecule has 0 radical (unpaired) electrons. The summed E-state index contributed by atoms with van der Waals surface area (Å²) in [4.78, 5) is 0. The molecule has 0 spiro atoms. The second kappa shape index (κ2) is 5.74. The molecule has 3 atom stereocenters. The molecule has 3 unspecified atom stereocenters. The van der Waals surface area contributed by atoms with Crippen molar-refractivity contribution in [3.05, 3.63) is 48.2 Å². The van der Waals surface area contributed by atoms with Crippen LogP contribution in [0.5, 0.6) is 0 Å². The lowest BCUT2D eigenvalue weighted by molar-refractivity contribution is 0.768. The van der Waals surface area contributed by atoms with Gasteiger partial charge in [-0.2, -0.15) is 0 Å². The number of allylic oxidation sites excluding steroid dienone is 6. The quantitative estimate of drug-likeness (QED) is 0.709. The molecule has 1 fully saturated rings. The Morgan fingerprint density at radius 3 is 2.56 bits per heavy atom. The molecule has 0 aromatic rings. The average Bonchev–Trinajstić information content (AvgIpc) is 2.55. The summed E-state index contributed by atoms with van der Waals surface area (Å²) in [5.41, 5.74) is 2.80. The zero-order valence-electron chi connectivity index (χ0n) is 10.8. The third-order valence-corrected chi connectivity index (χ3v) is 3.24. The van der Waals surface area contributed by atoms with E-state index >= 15 is 0 Å². The third kappa shape index (κ3) is 2.88. The van der Waals surface area contributed by atoms with Crippen LogP contribution in [-0.4, -0.2) is 6.04 Å². The molecule has 1 heteroatoms. The Morgan fingerprint density at radius 1 is 1.38 bits per heavy atom. The van der Waals surface area contributed by atoms with Gasteiger partial charge in [0.05, 0.1) is 0 Å². The first-order valence-electron chi connectivity index (χ1n) is 6.03. The molecule has 0 aliphatic carbocycles. The lowest BCUT2D eigenvalue weighted by Gasteiger charge is -2.06. The molecule has 1 saturated heterocycles. The van der Waals surface area contributed by atoms with Crippen LogP contribution in [0.15, 0.2) is 48.2 Å². The molecule has 0 bridgehead atoms. The summed E-state index contributed by atoms with van der Waals surface area (Å²) >= 11 is 0. The Bertz CT molecular complexity index is 333. The molecule has 88 valence electrons. The van der Waals surface area contributed by atoms with Crippen LogP contribution in [0.4, 0.5) is 0 Å². The van der Waals surface area contributed by atoms with Crippen molar-refractivity contribution in [1.82, 2.24) is 5.32 Å². The lowest BCUT2D eigenvalue weighted by atomic mass is 9.97. The second-order valence-electron chi connectivity index (χ2n) is 4.48. The molecule has 1 aliphatic heterocycles. The zero-order chi connectivity index (χ0) is 12.1. The van der Waals surface area contributed by atoms with E-state index in [2.05, 4.69) is 63.9 Å². The highest BCUT2D eigenvalue weighted by Gasteiger charge is 2.26. The third-order valence-electron chi connectivity index (χ3n) is 3.24. The average molecular weight is 217 g/mol. The monoisotopic (exact) mass is 217 g/mol. The minimum Gasteiger partial charge on any atom is -0.382 e. The summed E-state index contributed by atoms with van der Waals surface area (Å²) < 4.78 is 0. The zero-order valence-corrected chi connectivity index (χ0v) is 10.8. The number of nitrogens with one attached hydrogen (secondary N) is 1. The van der Waals surface area contributed by atoms with Crippen LogP contribution in [0.3, 0.4) is 0 Å². The fraction of sp³-hybridized carbons (Fsp3) is 0.467. The van der Waals surface area contributed by atoms with E-state index in [0.29, 0.717) is 17.9 Å². The van der Waals surface area contributed by atoms with E-state index in [-0.39, 0.29) is 0 Å². The van der Waals surface area contributed by atoms with E-state index in [4.69, 9.17) is 0 Å². The maximum Gasteiger partial charge on any atom is 0.0452 e. The van der Waals surface area contributed by atoms with Crippen molar-refractivity contribution in [3.8, 4) is 0 Å². The van der Waals surface area contributed by atoms with Gasteiger partial charge in [-0.1, -0.05) is 44.2 Å². The molecule has 1 rings (SSSR count). The molecular weight excluding hydrogens is 194 g/mol. The van der Waals surface area contributed by atoms with Crippen LogP contribution in [0, 0.1) is 11.8 Å². The van der Waals surface area contributed by atoms with Gasteiger partial charge < -0.3 is 5.32 Å². The van der Waals surface area contributed by atoms with Gasteiger partial charge in [0.25, 0.3) is 0 Å². The summed E-state index contributed by atoms with van der Waals surface area (Å²) in [5, 5.41) is 3.49. The van der Waals surface area contributed by atoms with Gasteiger partial charge in [0.15, 0.2) is 0 Å². The van der Waals surface area contributed by atoms with Gasteiger partial charge in [0, 0.05) is 17.7 Å². The van der Waals surface area contributed by atoms with Gasteiger partial charge in [-0.05, 0) is 25.3 Å². The molecule has 0 amide bonds. The first-order valence-corrected chi connectivity index (χ1v) is 6.03. The van der Waals surface area contributed by atoms with Crippen LogP contribution in [0.2, 0.25) is 0 Å². The van der Waals surface area contributed by atoms with E-state index in [1.54, 1.807) is 0 Å². The predicted octanol–water partition coefficient (Wildman–Crippen LogP) is 3.82. The molecule has 1 nitrogen and oxygen atoms in total. The smallest absolute Gasteiger partial charge is 0.0452 e. The van der Waals surface area contributed by atoms with E-state index in [9.17, 15) is 0 Å². The van der Waals surface area contributed by atoms with E-state index in [0.717, 1.165) is 0 Å². The normalized spacial score (nSPS) is 32.2. The first-order chi connectivity index (χ1) is 7.60. The van der Waals surface area contributed by atoms with Crippen molar-refractivity contribution in [1.29, 1.82) is 0 Å². The second-order valence-corrected chi connectivity index (χ2v) is 4.48. The molecule has 1 aliphatic rings. The fourth-order valence-corrected chi connectivity index (χ4v) is 2.06. The highest BCUT2D eigenvalue weighted by atomic mass is 15.0. The van der Waals surface area contributed by atoms with Gasteiger partial charge >= 0.3 is 0 Å². The number of rotatable bonds is 3. The Balaban J connectivity index is 2.76. The van der Waals surface area contributed by atoms with Gasteiger partial charge in [0.1, 0.15) is 0 Å². The standard InChI is InChI=1S/C15H23N/c1-6-11(3)9-8-10-14-12(4)15(7-2)16-13(14)5/h6-13,16H,1H2,2-5H3/b9-8-,14-10+,15-7+. The highest BCUT2D eigenvalue weighted by molar-refractivity contribution is 5.33. The highest BCUT2D eigenvalue weighted by Crippen LogP contribution is 2.28. The summed E-state index contributed by atoms with van der Waals surface area (Å²) in [7, 11) is 0. The van der Waals surface area contributed by atoms with Gasteiger partial charge in [-0.3, -0.25) is 0 Å². The minimum absolute atomic E-state index is 0.443. The Hall–Kier alpha value is -1.24. The maximum absolute atomic E-state index is 3.77. The molecular formula is C15H23N. The largest absolute Gasteiger partial charge is 0.382 e. The maximum atomic E-state index is 3.77. The SMILES string of the molecule is C=CC(C)/C=C\C=C1\C(C)N/C(=C/C)C1C. The topological polar surface area (TPSA) is 12.0 Å². The fourth-order valence-electron chi connectivity index (χ4n) is 2.06. The molecule has 0 aromatic heterocycles. The van der Waals surface area contributed by atoms with Crippen molar-refractivity contribution >= 4 is 0 Å². The van der Waals surface area contributed by atoms with Crippen molar-refractivity contribution in [2.45, 2.75) is 33.7 Å². The lowest BCUT2D eigenvalue weighted by Crippen LogP contribution is -2.16. The van der Waals surface area contributed by atoms with Crippen molar-refractivity contribution in [2.75, 3.05) is 0 Å². The Labute approximate surface area is 99.6 Å². The predicted molar refractivity (Wildman–Crippen MR) is 72.1 cm³/mol. The van der Waals surface area contributed by atoms with E-state index in [1.165, 1.54) is 11.3 Å². The van der Waals surface area contributed by atoms with Crippen LogP contribution in [0.1, 0.15) is 27.7 Å². The van der Waals surface area contributed by atoms with Crippen LogP contribution in [0.25, 0.3) is 0 Å². The van der Waals surface area contributed by atoms with Crippen LogP contribution >= 0.6 is 0 Å². The van der Waals surface area contributed by atoms with Crippen molar-refractivity contribution in [2.24, 2.45) is 11.8 Å². The van der Waals surface area contributed by atoms with Gasteiger partial charge in [-0.25, -0.2) is 0 Å². The Kier molecular flexibility index (Phi) is 4.60. The van der Waals surface area contributed by atoms with Crippen molar-refractivity contribution in [3.63, 3.8) is 0 Å². The molecule has 1 heterocycles. The molecule has 16 heavy (non-hydrogen) atoms. The van der Waals surface area contributed by atoms with E-state index in [1.807, 2.05) is 6.08 Å². The van der Waals surface area contributed by atoms with Gasteiger partial charge in [-0.15, -0.1) is 6.58 Å². The summed E-state index contributed by atoms with van der Waals surface area (Å²) in [6, 6.07) is 0.449. The van der Waals surface area contributed by atoms with Gasteiger partial charge in [0.2, 0.25) is 0 Å². The van der Waals surface area contributed by atoms with E-state index < -0.39 is 0 Å². The first kappa shape index (κ1) is 12.8. The molecule has 0 saturated carbocycles.